The molecule has 4 aliphatic carbocycles. The van der Waals surface area contributed by atoms with Crippen LogP contribution in [0.3, 0.4) is 0 Å². The molecule has 0 amide bonds. The molecule has 0 radical (unpaired) electrons. The van der Waals surface area contributed by atoms with E-state index in [1.807, 2.05) is 11.1 Å². The van der Waals surface area contributed by atoms with E-state index in [4.69, 9.17) is 0 Å². The van der Waals surface area contributed by atoms with Crippen LogP contribution >= 0.6 is 0 Å². The van der Waals surface area contributed by atoms with Crippen LogP contribution in [0, 0.1) is 0 Å². The van der Waals surface area contributed by atoms with E-state index in [9.17, 15) is 0 Å². The Morgan fingerprint density at radius 2 is 0.828 bits per heavy atom. The van der Waals surface area contributed by atoms with Crippen molar-refractivity contribution >= 4 is 0 Å². The van der Waals surface area contributed by atoms with E-state index in [1.165, 1.54) is 103 Å². The van der Waals surface area contributed by atoms with Crippen molar-refractivity contribution < 1.29 is 48.0 Å². The molecular weight excluding hydrogens is 474 g/mol. The summed E-state index contributed by atoms with van der Waals surface area (Å²) in [6.45, 7) is 0. The van der Waals surface area contributed by atoms with Crippen molar-refractivity contribution in [1.29, 1.82) is 0 Å². The van der Waals surface area contributed by atoms with Crippen LogP contribution in [-0.4, -0.2) is 0 Å². The quantitative estimate of drug-likeness (QED) is 0.534. The Morgan fingerprint density at radius 1 is 0.483 bits per heavy atom. The molecule has 0 saturated heterocycles. The van der Waals surface area contributed by atoms with Gasteiger partial charge in [-0.15, -0.1) is 0 Å². The average molecular weight is 513 g/mol. The Bertz CT molecular complexity index is 575. The third-order valence-corrected chi connectivity index (χ3v) is 11.6. The molecule has 0 aromatic heterocycles. The van der Waals surface area contributed by atoms with Crippen LogP contribution in [0.5, 0.6) is 0 Å². The smallest absolute Gasteiger partial charge is 1.00 e. The van der Waals surface area contributed by atoms with Crippen molar-refractivity contribution in [2.75, 3.05) is 0 Å². The monoisotopic (exact) mass is 510 g/mol. The first-order valence-corrected chi connectivity index (χ1v) is 14.8. The maximum absolute atomic E-state index is 2.65. The van der Waals surface area contributed by atoms with Gasteiger partial charge in [-0.05, 0) is 0 Å². The van der Waals surface area contributed by atoms with E-state index in [0.29, 0.717) is 0 Å². The molecule has 0 N–H and O–H groups in total. The fraction of sp³-hybridized carbons (Fsp3) is 0.692. The maximum atomic E-state index is 2.65. The van der Waals surface area contributed by atoms with Gasteiger partial charge in [-0.25, -0.2) is 0 Å². The Labute approximate surface area is 203 Å². The summed E-state index contributed by atoms with van der Waals surface area (Å²) in [4.78, 5) is 0. The van der Waals surface area contributed by atoms with E-state index in [-0.39, 0.29) is 24.8 Å². The normalized spacial score (nSPS) is 28.0. The first-order valence-electron chi connectivity index (χ1n) is 12.0. The van der Waals surface area contributed by atoms with Crippen LogP contribution in [0.1, 0.15) is 103 Å². The van der Waals surface area contributed by atoms with Crippen LogP contribution in [-0.2, 0) is 23.2 Å². The van der Waals surface area contributed by atoms with Crippen LogP contribution < -0.4 is 24.8 Å². The molecule has 3 heteroatoms. The number of rotatable bonds is 2. The summed E-state index contributed by atoms with van der Waals surface area (Å²) in [7, 11) is 0. The molecular formula is C26H38Cl2Zr. The average Bonchev–Trinajstić information content (AvgIpc) is 3.26. The summed E-state index contributed by atoms with van der Waals surface area (Å²) in [5.41, 5.74) is 7.35. The van der Waals surface area contributed by atoms with E-state index in [0.717, 1.165) is 7.25 Å². The largest absolute Gasteiger partial charge is 1.00 e. The minimum Gasteiger partial charge on any atom is -1.00 e. The van der Waals surface area contributed by atoms with Crippen molar-refractivity contribution in [3.05, 3.63) is 46.6 Å². The van der Waals surface area contributed by atoms with Gasteiger partial charge in [-0.2, -0.15) is 0 Å². The Balaban J connectivity index is 0.00000150. The van der Waals surface area contributed by atoms with E-state index in [1.54, 1.807) is 11.1 Å². The topological polar surface area (TPSA) is 0 Å². The van der Waals surface area contributed by atoms with Crippen molar-refractivity contribution in [2.24, 2.45) is 0 Å². The zero-order chi connectivity index (χ0) is 18.3. The standard InChI is InChI=1S/2C13H19.2ClH.Zr/c2*1-2-4-6-9-13-11-7-10-12(13)8-5-3-1;;;/h2*7,10-11H,1-6,8-9H2;2*1H;/q;;;;+2/p-2. The minimum atomic E-state index is -0.486. The molecule has 0 bridgehead atoms. The van der Waals surface area contributed by atoms with Crippen LogP contribution in [0.2, 0.25) is 7.25 Å². The summed E-state index contributed by atoms with van der Waals surface area (Å²) in [6.07, 6.45) is 33.5. The Kier molecular flexibility index (Phi) is 12.2. The van der Waals surface area contributed by atoms with Gasteiger partial charge in [-0.3, -0.25) is 0 Å². The molecule has 0 heterocycles. The molecule has 0 fully saturated rings. The van der Waals surface area contributed by atoms with Gasteiger partial charge >= 0.3 is 180 Å². The summed E-state index contributed by atoms with van der Waals surface area (Å²) >= 11 is -0.486. The fourth-order valence-corrected chi connectivity index (χ4v) is 10.2. The van der Waals surface area contributed by atoms with E-state index >= 15 is 0 Å². The molecule has 0 aliphatic heterocycles. The van der Waals surface area contributed by atoms with E-state index in [2.05, 4.69) is 24.3 Å². The third kappa shape index (κ3) is 7.22. The second-order valence-electron chi connectivity index (χ2n) is 9.18. The number of hydrogen-bond donors (Lipinski definition) is 0. The number of halogens is 2. The summed E-state index contributed by atoms with van der Waals surface area (Å²) in [5, 5.41) is 0. The molecule has 2 unspecified atom stereocenters. The van der Waals surface area contributed by atoms with Gasteiger partial charge in [0, 0.05) is 0 Å². The van der Waals surface area contributed by atoms with Gasteiger partial charge in [-0.1, -0.05) is 0 Å². The van der Waals surface area contributed by atoms with Crippen molar-refractivity contribution in [2.45, 2.75) is 110 Å². The Hall–Kier alpha value is 0.423. The van der Waals surface area contributed by atoms with Crippen molar-refractivity contribution in [3.63, 3.8) is 0 Å². The zero-order valence-corrected chi connectivity index (χ0v) is 22.0. The van der Waals surface area contributed by atoms with Crippen molar-refractivity contribution in [3.8, 4) is 0 Å². The minimum absolute atomic E-state index is 0. The van der Waals surface area contributed by atoms with Gasteiger partial charge in [0.25, 0.3) is 0 Å². The maximum Gasteiger partial charge on any atom is -1.00 e. The molecule has 160 valence electrons. The second kappa shape index (κ2) is 13.8. The zero-order valence-electron chi connectivity index (χ0n) is 18.0. The van der Waals surface area contributed by atoms with Gasteiger partial charge < -0.3 is 24.8 Å². The van der Waals surface area contributed by atoms with Gasteiger partial charge in [0.05, 0.1) is 0 Å². The number of allylic oxidation sites excluding steroid dienone is 8. The SMILES string of the molecule is C1=C[CH]([Zr+2][CH]2C=CC3=C2CCCCCCCC3)C2=C1CCCCCCCC2.[Cl-].[Cl-]. The molecule has 0 spiro atoms. The molecule has 0 aromatic carbocycles. The molecule has 0 aromatic rings. The molecule has 4 aliphatic rings. The van der Waals surface area contributed by atoms with Crippen LogP contribution in [0.15, 0.2) is 46.6 Å². The predicted molar refractivity (Wildman–Crippen MR) is 114 cm³/mol. The van der Waals surface area contributed by atoms with Crippen molar-refractivity contribution in [1.82, 2.24) is 0 Å². The fourth-order valence-electron chi connectivity index (χ4n) is 5.57. The predicted octanol–water partition coefficient (Wildman–Crippen LogP) is 2.66. The molecule has 29 heavy (non-hydrogen) atoms. The molecule has 2 atom stereocenters. The third-order valence-electron chi connectivity index (χ3n) is 7.20. The Morgan fingerprint density at radius 3 is 1.24 bits per heavy atom. The summed E-state index contributed by atoms with van der Waals surface area (Å²) < 4.78 is 1.81. The van der Waals surface area contributed by atoms with Crippen LogP contribution in [0.25, 0.3) is 0 Å². The van der Waals surface area contributed by atoms with Gasteiger partial charge in [0.1, 0.15) is 0 Å². The molecule has 0 nitrogen and oxygen atoms in total. The second-order valence-corrected chi connectivity index (χ2v) is 13.1. The number of hydrogen-bond acceptors (Lipinski definition) is 0. The summed E-state index contributed by atoms with van der Waals surface area (Å²) in [6, 6.07) is 0. The van der Waals surface area contributed by atoms with Gasteiger partial charge in [0.2, 0.25) is 0 Å². The van der Waals surface area contributed by atoms with Crippen LogP contribution in [0.4, 0.5) is 0 Å². The molecule has 0 saturated carbocycles. The first-order chi connectivity index (χ1) is 13.4. The molecule has 4 rings (SSSR count). The van der Waals surface area contributed by atoms with Gasteiger partial charge in [0.15, 0.2) is 0 Å². The van der Waals surface area contributed by atoms with E-state index < -0.39 is 23.2 Å². The first kappa shape index (κ1) is 25.7. The summed E-state index contributed by atoms with van der Waals surface area (Å²) in [5.74, 6) is 0.